The monoisotopic (exact) mass is 302 g/mol. The van der Waals surface area contributed by atoms with Crippen molar-refractivity contribution in [2.75, 3.05) is 0 Å². The minimum Gasteiger partial charge on any atom is -0.272 e. The number of alkyl halides is 2. The molecule has 0 bridgehead atoms. The van der Waals surface area contributed by atoms with E-state index in [-0.39, 0.29) is 5.91 Å². The van der Waals surface area contributed by atoms with Crippen LogP contribution >= 0.6 is 23.2 Å². The summed E-state index contributed by atoms with van der Waals surface area (Å²) in [6, 6.07) is 0. The molecule has 1 heterocycles. The summed E-state index contributed by atoms with van der Waals surface area (Å²) in [4.78, 5) is 11.9. The number of hydrazone groups is 1. The number of aromatic nitrogens is 2. The summed E-state index contributed by atoms with van der Waals surface area (Å²) in [5, 5.41) is 8.21. The average molecular weight is 303 g/mol. The van der Waals surface area contributed by atoms with E-state index in [4.69, 9.17) is 23.2 Å². The second kappa shape index (κ2) is 4.80. The molecule has 1 N–H and O–H groups in total. The zero-order chi connectivity index (χ0) is 14.3. The fraction of sp³-hybridized carbons (Fsp3) is 0.583. The summed E-state index contributed by atoms with van der Waals surface area (Å²) in [5.74, 6) is -0.269. The smallest absolute Gasteiger partial charge is 0.249 e. The maximum absolute atomic E-state index is 11.9. The van der Waals surface area contributed by atoms with E-state index in [0.717, 1.165) is 17.8 Å². The van der Waals surface area contributed by atoms with Crippen LogP contribution in [0, 0.1) is 12.3 Å². The minimum absolute atomic E-state index is 0.269. The van der Waals surface area contributed by atoms with Crippen molar-refractivity contribution in [3.05, 3.63) is 17.5 Å². The maximum Gasteiger partial charge on any atom is 0.249 e. The molecule has 2 rings (SSSR count). The molecule has 7 heteroatoms. The quantitative estimate of drug-likeness (QED) is 0.527. The minimum atomic E-state index is -0.977. The Labute approximate surface area is 122 Å². The van der Waals surface area contributed by atoms with Crippen LogP contribution in [0.25, 0.3) is 0 Å². The number of carbonyl (C=O) groups is 1. The first-order valence-corrected chi connectivity index (χ1v) is 6.81. The number of aryl methyl sites for hydroxylation is 2. The summed E-state index contributed by atoms with van der Waals surface area (Å²) in [6.07, 6.45) is 3.89. The third kappa shape index (κ3) is 2.62. The summed E-state index contributed by atoms with van der Waals surface area (Å²) in [7, 11) is 0. The Morgan fingerprint density at radius 1 is 1.68 bits per heavy atom. The number of nitrogens with one attached hydrogen (secondary N) is 1. The highest BCUT2D eigenvalue weighted by Gasteiger charge is 2.68. The molecule has 1 fully saturated rings. The predicted molar refractivity (Wildman–Crippen MR) is 75.5 cm³/mol. The van der Waals surface area contributed by atoms with Crippen molar-refractivity contribution in [3.63, 3.8) is 0 Å². The largest absolute Gasteiger partial charge is 0.272 e. The topological polar surface area (TPSA) is 59.3 Å². The van der Waals surface area contributed by atoms with Gasteiger partial charge in [0.25, 0.3) is 0 Å². The highest BCUT2D eigenvalue weighted by atomic mass is 35.5. The van der Waals surface area contributed by atoms with Gasteiger partial charge in [-0.1, -0.05) is 0 Å². The van der Waals surface area contributed by atoms with Crippen LogP contribution in [0.2, 0.25) is 0 Å². The highest BCUT2D eigenvalue weighted by molar-refractivity contribution is 6.53. The fourth-order valence-corrected chi connectivity index (χ4v) is 2.46. The second-order valence-corrected chi connectivity index (χ2v) is 6.42. The molecule has 1 aromatic rings. The summed E-state index contributed by atoms with van der Waals surface area (Å²) in [6.45, 7) is 6.40. The number of nitrogens with zero attached hydrogens (tertiary/aromatic N) is 3. The molecule has 0 radical (unpaired) electrons. The Morgan fingerprint density at radius 2 is 2.32 bits per heavy atom. The number of halogens is 2. The van der Waals surface area contributed by atoms with Crippen molar-refractivity contribution >= 4 is 35.3 Å². The zero-order valence-corrected chi connectivity index (χ0v) is 12.6. The number of hydrogen-bond donors (Lipinski definition) is 1. The molecule has 1 aliphatic carbocycles. The van der Waals surface area contributed by atoms with Crippen molar-refractivity contribution in [1.82, 2.24) is 15.2 Å². The molecule has 1 aromatic heterocycles. The molecule has 0 aromatic carbocycles. The summed E-state index contributed by atoms with van der Waals surface area (Å²) >= 11 is 11.9. The molecule has 1 unspecified atom stereocenters. The van der Waals surface area contributed by atoms with Crippen LogP contribution in [-0.2, 0) is 11.3 Å². The molecule has 104 valence electrons. The molecular weight excluding hydrogens is 287 g/mol. The Kier molecular flexibility index (Phi) is 3.62. The molecule has 0 spiro atoms. The molecule has 19 heavy (non-hydrogen) atoms. The third-order valence-electron chi connectivity index (χ3n) is 3.44. The van der Waals surface area contributed by atoms with Crippen molar-refractivity contribution < 1.29 is 4.79 Å². The Morgan fingerprint density at radius 3 is 2.79 bits per heavy atom. The molecule has 0 aliphatic heterocycles. The van der Waals surface area contributed by atoms with Gasteiger partial charge in [-0.3, -0.25) is 9.48 Å². The van der Waals surface area contributed by atoms with E-state index in [9.17, 15) is 4.79 Å². The second-order valence-electron chi connectivity index (χ2n) is 4.94. The molecule has 1 aliphatic rings. The van der Waals surface area contributed by atoms with Crippen LogP contribution in [-0.4, -0.2) is 26.2 Å². The predicted octanol–water partition coefficient (Wildman–Crippen LogP) is 2.25. The fourth-order valence-electron chi connectivity index (χ4n) is 1.75. The number of rotatable bonds is 4. The first-order valence-electron chi connectivity index (χ1n) is 6.05. The van der Waals surface area contributed by atoms with E-state index >= 15 is 0 Å². The number of carbonyl (C=O) groups excluding carboxylic acids is 1. The average Bonchev–Trinajstić information content (AvgIpc) is 2.68. The van der Waals surface area contributed by atoms with Gasteiger partial charge in [-0.2, -0.15) is 10.2 Å². The van der Waals surface area contributed by atoms with E-state index < -0.39 is 9.75 Å². The number of hydrogen-bond acceptors (Lipinski definition) is 3. The van der Waals surface area contributed by atoms with E-state index in [1.807, 2.05) is 24.7 Å². The molecule has 1 amide bonds. The van der Waals surface area contributed by atoms with Gasteiger partial charge in [-0.25, -0.2) is 5.43 Å². The van der Waals surface area contributed by atoms with Gasteiger partial charge in [-0.15, -0.1) is 23.2 Å². The SMILES string of the molecule is CCn1cc(/C=N/NC(=O)C2(C)CC2(Cl)Cl)c(C)n1. The van der Waals surface area contributed by atoms with E-state index in [1.165, 1.54) is 0 Å². The normalized spacial score (nSPS) is 24.7. The van der Waals surface area contributed by atoms with Gasteiger partial charge in [0.15, 0.2) is 0 Å². The summed E-state index contributed by atoms with van der Waals surface area (Å²) < 4.78 is 0.832. The van der Waals surface area contributed by atoms with E-state index in [1.54, 1.807) is 13.1 Å². The Balaban J connectivity index is 1.97. The zero-order valence-electron chi connectivity index (χ0n) is 11.1. The van der Waals surface area contributed by atoms with Crippen molar-refractivity contribution in [2.24, 2.45) is 10.5 Å². The highest BCUT2D eigenvalue weighted by Crippen LogP contribution is 2.63. The van der Waals surface area contributed by atoms with Gasteiger partial charge < -0.3 is 0 Å². The van der Waals surface area contributed by atoms with Crippen LogP contribution in [0.5, 0.6) is 0 Å². The number of amides is 1. The Hall–Kier alpha value is -1.07. The maximum atomic E-state index is 11.9. The lowest BCUT2D eigenvalue weighted by molar-refractivity contribution is -0.125. The van der Waals surface area contributed by atoms with Crippen LogP contribution in [0.3, 0.4) is 0 Å². The van der Waals surface area contributed by atoms with Gasteiger partial charge in [-0.05, 0) is 27.2 Å². The molecule has 5 nitrogen and oxygen atoms in total. The molecule has 1 atom stereocenters. The van der Waals surface area contributed by atoms with Gasteiger partial charge in [0.05, 0.1) is 17.3 Å². The summed E-state index contributed by atoms with van der Waals surface area (Å²) in [5.41, 5.74) is 3.44. The lowest BCUT2D eigenvalue weighted by Gasteiger charge is -2.08. The van der Waals surface area contributed by atoms with Gasteiger partial charge in [0, 0.05) is 18.3 Å². The van der Waals surface area contributed by atoms with Gasteiger partial charge >= 0.3 is 0 Å². The Bertz CT molecular complexity index is 538. The lowest BCUT2D eigenvalue weighted by atomic mass is 10.1. The van der Waals surface area contributed by atoms with Crippen LogP contribution in [0.1, 0.15) is 31.5 Å². The standard InChI is InChI=1S/C12H16Cl2N4O/c1-4-18-6-9(8(2)17-18)5-15-16-10(19)11(3)7-12(11,13)14/h5-6H,4,7H2,1-3H3,(H,16,19)/b15-5+. The molecule has 0 saturated heterocycles. The molecular formula is C12H16Cl2N4O. The van der Waals surface area contributed by atoms with E-state index in [0.29, 0.717) is 6.42 Å². The first-order chi connectivity index (χ1) is 8.80. The van der Waals surface area contributed by atoms with Crippen molar-refractivity contribution in [2.45, 2.75) is 38.1 Å². The van der Waals surface area contributed by atoms with Gasteiger partial charge in [0.2, 0.25) is 5.91 Å². The van der Waals surface area contributed by atoms with Crippen LogP contribution in [0.4, 0.5) is 0 Å². The molecule has 1 saturated carbocycles. The van der Waals surface area contributed by atoms with E-state index in [2.05, 4.69) is 15.6 Å². The third-order valence-corrected chi connectivity index (χ3v) is 4.54. The van der Waals surface area contributed by atoms with Crippen molar-refractivity contribution in [1.29, 1.82) is 0 Å². The van der Waals surface area contributed by atoms with Gasteiger partial charge in [0.1, 0.15) is 4.33 Å². The van der Waals surface area contributed by atoms with Crippen LogP contribution < -0.4 is 5.43 Å². The first kappa shape index (κ1) is 14.3. The van der Waals surface area contributed by atoms with Crippen molar-refractivity contribution in [3.8, 4) is 0 Å². The lowest BCUT2D eigenvalue weighted by Crippen LogP contribution is -2.29. The van der Waals surface area contributed by atoms with Crippen LogP contribution in [0.15, 0.2) is 11.3 Å².